The number of amides is 1. The van der Waals surface area contributed by atoms with E-state index in [2.05, 4.69) is 5.32 Å². The number of hydrogen-bond donors (Lipinski definition) is 1. The number of hydrogen-bond acceptors (Lipinski definition) is 3. The molecule has 0 unspecified atom stereocenters. The molecule has 3 aromatic carbocycles. The molecule has 0 aliphatic rings. The lowest BCUT2D eigenvalue weighted by atomic mass is 9.98. The van der Waals surface area contributed by atoms with Crippen molar-refractivity contribution in [3.63, 3.8) is 0 Å². The summed E-state index contributed by atoms with van der Waals surface area (Å²) in [5, 5.41) is 3.09. The van der Waals surface area contributed by atoms with Gasteiger partial charge in [0.2, 0.25) is 15.9 Å². The van der Waals surface area contributed by atoms with Crippen LogP contribution in [0.4, 0.5) is 0 Å². The first-order valence-electron chi connectivity index (χ1n) is 9.89. The number of nitrogens with one attached hydrogen (secondary N) is 1. The number of nitrogens with zero attached hydrogens (tertiary/aromatic N) is 1. The molecule has 0 aliphatic carbocycles. The van der Waals surface area contributed by atoms with Crippen LogP contribution < -0.4 is 5.32 Å². The van der Waals surface area contributed by atoms with E-state index in [1.807, 2.05) is 60.7 Å². The predicted octanol–water partition coefficient (Wildman–Crippen LogP) is 3.99. The number of benzene rings is 3. The van der Waals surface area contributed by atoms with Gasteiger partial charge in [-0.2, -0.15) is 0 Å². The van der Waals surface area contributed by atoms with Gasteiger partial charge in [-0.3, -0.25) is 4.79 Å². The van der Waals surface area contributed by atoms with Gasteiger partial charge in [-0.15, -0.1) is 0 Å². The van der Waals surface area contributed by atoms with Crippen LogP contribution >= 0.6 is 0 Å². The predicted molar refractivity (Wildman–Crippen MR) is 118 cm³/mol. The molecular weight excluding hydrogens is 396 g/mol. The summed E-state index contributed by atoms with van der Waals surface area (Å²) < 4.78 is 26.5. The molecule has 0 spiro atoms. The summed E-state index contributed by atoms with van der Waals surface area (Å²) in [5.74, 6) is -0.113. The molecule has 30 heavy (non-hydrogen) atoms. The molecule has 0 radical (unpaired) electrons. The summed E-state index contributed by atoms with van der Waals surface area (Å²) in [6.07, 6.45) is 0.676. The molecule has 3 aromatic rings. The molecule has 5 nitrogen and oxygen atoms in total. The van der Waals surface area contributed by atoms with E-state index < -0.39 is 10.0 Å². The Bertz CT molecular complexity index is 1000. The third kappa shape index (κ3) is 5.55. The molecule has 1 N–H and O–H groups in total. The zero-order valence-electron chi connectivity index (χ0n) is 16.9. The largest absolute Gasteiger partial charge is 0.345 e. The van der Waals surface area contributed by atoms with Gasteiger partial charge in [-0.1, -0.05) is 78.9 Å². The normalized spacial score (nSPS) is 11.6. The van der Waals surface area contributed by atoms with Crippen molar-refractivity contribution in [2.45, 2.75) is 23.8 Å². The first kappa shape index (κ1) is 21.7. The highest BCUT2D eigenvalue weighted by atomic mass is 32.2. The first-order valence-corrected chi connectivity index (χ1v) is 11.3. The second kappa shape index (κ2) is 10.2. The summed E-state index contributed by atoms with van der Waals surface area (Å²) >= 11 is 0. The number of sulfonamides is 1. The van der Waals surface area contributed by atoms with Gasteiger partial charge in [-0.25, -0.2) is 12.7 Å². The number of carbonyl (C=O) groups excluding carboxylic acids is 1. The molecule has 0 fully saturated rings. The quantitative estimate of drug-likeness (QED) is 0.567. The van der Waals surface area contributed by atoms with E-state index in [1.165, 1.54) is 11.4 Å². The fraction of sp³-hybridized carbons (Fsp3) is 0.208. The highest BCUT2D eigenvalue weighted by Gasteiger charge is 2.21. The van der Waals surface area contributed by atoms with Crippen LogP contribution in [0, 0.1) is 0 Å². The van der Waals surface area contributed by atoms with Crippen molar-refractivity contribution in [3.05, 3.63) is 102 Å². The number of carbonyl (C=O) groups is 1. The van der Waals surface area contributed by atoms with E-state index >= 15 is 0 Å². The Morgan fingerprint density at radius 3 is 1.80 bits per heavy atom. The second-order valence-electron chi connectivity index (χ2n) is 7.07. The Morgan fingerprint density at radius 1 is 0.833 bits per heavy atom. The van der Waals surface area contributed by atoms with Crippen LogP contribution in [-0.2, 0) is 14.8 Å². The van der Waals surface area contributed by atoms with E-state index in [1.54, 1.807) is 30.3 Å². The van der Waals surface area contributed by atoms with Gasteiger partial charge in [0.1, 0.15) is 0 Å². The Kier molecular flexibility index (Phi) is 7.38. The van der Waals surface area contributed by atoms with Crippen LogP contribution in [0.1, 0.15) is 30.0 Å². The fourth-order valence-electron chi connectivity index (χ4n) is 3.24. The van der Waals surface area contributed by atoms with Crippen molar-refractivity contribution in [1.29, 1.82) is 0 Å². The summed E-state index contributed by atoms with van der Waals surface area (Å²) in [5.41, 5.74) is 2.00. The monoisotopic (exact) mass is 422 g/mol. The zero-order chi connectivity index (χ0) is 21.4. The van der Waals surface area contributed by atoms with Crippen molar-refractivity contribution >= 4 is 15.9 Å². The molecule has 6 heteroatoms. The Balaban J connectivity index is 1.60. The third-order valence-electron chi connectivity index (χ3n) is 4.90. The van der Waals surface area contributed by atoms with E-state index in [0.717, 1.165) is 11.1 Å². The third-order valence-corrected chi connectivity index (χ3v) is 6.77. The van der Waals surface area contributed by atoms with Crippen molar-refractivity contribution in [2.24, 2.45) is 0 Å². The Labute approximate surface area is 178 Å². The molecule has 0 bridgehead atoms. The average Bonchev–Trinajstić information content (AvgIpc) is 2.79. The summed E-state index contributed by atoms with van der Waals surface area (Å²) in [4.78, 5) is 12.9. The lowest BCUT2D eigenvalue weighted by Gasteiger charge is -2.21. The van der Waals surface area contributed by atoms with Gasteiger partial charge in [0.25, 0.3) is 0 Å². The maximum absolute atomic E-state index is 12.6. The van der Waals surface area contributed by atoms with Crippen LogP contribution in [0.15, 0.2) is 95.9 Å². The standard InChI is InChI=1S/C24H26N2O3S/c1-26(30(28,29)22-16-9-4-10-17-22)19-11-18-23(27)25-24(20-12-5-2-6-13-20)21-14-7-3-8-15-21/h2-10,12-17,24H,11,18-19H2,1H3,(H,25,27). The van der Waals surface area contributed by atoms with Crippen LogP contribution in [0.5, 0.6) is 0 Å². The van der Waals surface area contributed by atoms with Crippen LogP contribution in [-0.4, -0.2) is 32.2 Å². The topological polar surface area (TPSA) is 66.5 Å². The van der Waals surface area contributed by atoms with Gasteiger partial charge in [0.05, 0.1) is 10.9 Å². The molecule has 0 aliphatic heterocycles. The van der Waals surface area contributed by atoms with E-state index in [9.17, 15) is 13.2 Å². The van der Waals surface area contributed by atoms with Crippen LogP contribution in [0.25, 0.3) is 0 Å². The summed E-state index contributed by atoms with van der Waals surface area (Å²) in [7, 11) is -2.01. The maximum Gasteiger partial charge on any atom is 0.242 e. The van der Waals surface area contributed by atoms with Crippen LogP contribution in [0.3, 0.4) is 0 Å². The van der Waals surface area contributed by atoms with Crippen LogP contribution in [0.2, 0.25) is 0 Å². The SMILES string of the molecule is CN(CCCC(=O)NC(c1ccccc1)c1ccccc1)S(=O)(=O)c1ccccc1. The highest BCUT2D eigenvalue weighted by molar-refractivity contribution is 7.89. The molecule has 156 valence electrons. The molecule has 0 saturated heterocycles. The molecule has 1 amide bonds. The number of rotatable bonds is 9. The second-order valence-corrected chi connectivity index (χ2v) is 9.11. The Morgan fingerprint density at radius 2 is 1.30 bits per heavy atom. The van der Waals surface area contributed by atoms with Crippen molar-refractivity contribution < 1.29 is 13.2 Å². The summed E-state index contributed by atoms with van der Waals surface area (Å²) in [6.45, 7) is 0.270. The van der Waals surface area contributed by atoms with E-state index in [4.69, 9.17) is 0 Å². The minimum atomic E-state index is -3.54. The van der Waals surface area contributed by atoms with E-state index in [0.29, 0.717) is 6.42 Å². The Hall–Kier alpha value is -2.96. The first-order chi connectivity index (χ1) is 14.5. The molecule has 0 aromatic heterocycles. The minimum absolute atomic E-state index is 0.113. The smallest absolute Gasteiger partial charge is 0.242 e. The maximum atomic E-state index is 12.6. The average molecular weight is 423 g/mol. The van der Waals surface area contributed by atoms with Gasteiger partial charge in [0.15, 0.2) is 0 Å². The van der Waals surface area contributed by atoms with Crippen molar-refractivity contribution in [2.75, 3.05) is 13.6 Å². The zero-order valence-corrected chi connectivity index (χ0v) is 17.8. The fourth-order valence-corrected chi connectivity index (χ4v) is 4.47. The lowest BCUT2D eigenvalue weighted by molar-refractivity contribution is -0.121. The molecular formula is C24H26N2O3S. The van der Waals surface area contributed by atoms with Crippen molar-refractivity contribution in [3.8, 4) is 0 Å². The highest BCUT2D eigenvalue weighted by Crippen LogP contribution is 2.22. The molecule has 3 rings (SSSR count). The summed E-state index contributed by atoms with van der Waals surface area (Å²) in [6, 6.07) is 27.7. The van der Waals surface area contributed by atoms with Gasteiger partial charge >= 0.3 is 0 Å². The van der Waals surface area contributed by atoms with Crippen molar-refractivity contribution in [1.82, 2.24) is 9.62 Å². The minimum Gasteiger partial charge on any atom is -0.345 e. The molecule has 0 saturated carbocycles. The molecule has 0 heterocycles. The van der Waals surface area contributed by atoms with E-state index in [-0.39, 0.29) is 29.8 Å². The van der Waals surface area contributed by atoms with Gasteiger partial charge in [-0.05, 0) is 29.7 Å². The van der Waals surface area contributed by atoms with Gasteiger partial charge < -0.3 is 5.32 Å². The van der Waals surface area contributed by atoms with Gasteiger partial charge in [0, 0.05) is 20.0 Å². The molecule has 0 atom stereocenters. The lowest BCUT2D eigenvalue weighted by Crippen LogP contribution is -2.31.